The van der Waals surface area contributed by atoms with Gasteiger partial charge in [0.15, 0.2) is 0 Å². The Morgan fingerprint density at radius 1 is 1.25 bits per heavy atom. The molecule has 9 heteroatoms. The molecule has 0 aliphatic carbocycles. The zero-order valence-electron chi connectivity index (χ0n) is 15.4. The van der Waals surface area contributed by atoms with Crippen LogP contribution in [0.15, 0.2) is 35.3 Å². The number of H-pyrrole nitrogens is 1. The number of anilines is 2. The van der Waals surface area contributed by atoms with Gasteiger partial charge >= 0.3 is 0 Å². The van der Waals surface area contributed by atoms with Crippen molar-refractivity contribution in [2.24, 2.45) is 0 Å². The molecule has 146 valence electrons. The Hall–Kier alpha value is -2.71. The highest BCUT2D eigenvalue weighted by atomic mass is 35.5. The van der Waals surface area contributed by atoms with Crippen molar-refractivity contribution < 1.29 is 4.39 Å². The Bertz CT molecular complexity index is 1060. The third-order valence-electron chi connectivity index (χ3n) is 4.91. The van der Waals surface area contributed by atoms with Crippen molar-refractivity contribution in [3.63, 3.8) is 0 Å². The molecule has 0 radical (unpaired) electrons. The van der Waals surface area contributed by atoms with Gasteiger partial charge in [0, 0.05) is 46.0 Å². The van der Waals surface area contributed by atoms with Crippen LogP contribution in [0, 0.1) is 5.95 Å². The summed E-state index contributed by atoms with van der Waals surface area (Å²) in [6.45, 7) is 3.72. The second-order valence-electron chi connectivity index (χ2n) is 6.74. The summed E-state index contributed by atoms with van der Waals surface area (Å²) >= 11 is 5.84. The van der Waals surface area contributed by atoms with E-state index in [0.717, 1.165) is 18.7 Å². The van der Waals surface area contributed by atoms with Gasteiger partial charge in [0.2, 0.25) is 5.95 Å². The summed E-state index contributed by atoms with van der Waals surface area (Å²) in [5.41, 5.74) is 2.54. The molecule has 1 aliphatic heterocycles. The van der Waals surface area contributed by atoms with Crippen molar-refractivity contribution >= 4 is 34.1 Å². The van der Waals surface area contributed by atoms with E-state index >= 15 is 0 Å². The van der Waals surface area contributed by atoms with Gasteiger partial charge in [-0.3, -0.25) is 14.7 Å². The average Bonchev–Trinajstić information content (AvgIpc) is 2.70. The largest absolute Gasteiger partial charge is 0.373 e. The van der Waals surface area contributed by atoms with E-state index in [1.165, 1.54) is 0 Å². The number of pyridine rings is 3. The molecular weight excluding hydrogens is 383 g/mol. The number of piperazine rings is 1. The predicted octanol–water partition coefficient (Wildman–Crippen LogP) is 2.47. The summed E-state index contributed by atoms with van der Waals surface area (Å²) in [5.74, 6) is 0.0599. The Morgan fingerprint density at radius 2 is 2.04 bits per heavy atom. The number of nitrogens with zero attached hydrogens (tertiary/aromatic N) is 4. The Labute approximate surface area is 166 Å². The van der Waals surface area contributed by atoms with Crippen molar-refractivity contribution in [2.45, 2.75) is 6.54 Å². The standard InChI is InChI=1S/C19H20ClFN6O/c1-22-17-3-2-16(18(21)25-17)27-6-4-26(5-7-27)11-12-8-15-14(23-10-12)9-13(20)19(28)24-15/h2-3,8-10H,4-7,11H2,1H3,(H,22,25)(H,24,28). The molecule has 0 saturated carbocycles. The van der Waals surface area contributed by atoms with Gasteiger partial charge in [0.25, 0.3) is 5.56 Å². The third-order valence-corrected chi connectivity index (χ3v) is 5.19. The first-order chi connectivity index (χ1) is 13.5. The van der Waals surface area contributed by atoms with Gasteiger partial charge < -0.3 is 15.2 Å². The zero-order chi connectivity index (χ0) is 19.7. The SMILES string of the molecule is CNc1ccc(N2CCN(Cc3cnc4cc(Cl)c(=O)[nH]c4c3)CC2)c(F)n1. The van der Waals surface area contributed by atoms with Gasteiger partial charge in [-0.2, -0.15) is 4.39 Å². The predicted molar refractivity (Wildman–Crippen MR) is 109 cm³/mol. The van der Waals surface area contributed by atoms with Gasteiger partial charge in [0.05, 0.1) is 16.7 Å². The maximum absolute atomic E-state index is 14.2. The van der Waals surface area contributed by atoms with Crippen LogP contribution in [0.5, 0.6) is 0 Å². The number of halogens is 2. The van der Waals surface area contributed by atoms with Crippen LogP contribution >= 0.6 is 11.6 Å². The monoisotopic (exact) mass is 402 g/mol. The van der Waals surface area contributed by atoms with Crippen molar-refractivity contribution in [1.82, 2.24) is 19.9 Å². The molecule has 4 heterocycles. The quantitative estimate of drug-likeness (QED) is 0.653. The minimum atomic E-state index is -0.457. The number of rotatable bonds is 4. The van der Waals surface area contributed by atoms with Crippen molar-refractivity contribution in [2.75, 3.05) is 43.4 Å². The molecule has 0 atom stereocenters. The van der Waals surface area contributed by atoms with Crippen LogP contribution < -0.4 is 15.8 Å². The maximum Gasteiger partial charge on any atom is 0.267 e. The summed E-state index contributed by atoms with van der Waals surface area (Å²) in [6, 6.07) is 7.03. The second-order valence-corrected chi connectivity index (χ2v) is 7.15. The summed E-state index contributed by atoms with van der Waals surface area (Å²) in [6.07, 6.45) is 1.80. The van der Waals surface area contributed by atoms with E-state index in [2.05, 4.69) is 25.2 Å². The molecule has 3 aromatic heterocycles. The molecule has 0 aromatic carbocycles. The molecule has 0 spiro atoms. The molecule has 0 unspecified atom stereocenters. The van der Waals surface area contributed by atoms with Gasteiger partial charge in [-0.15, -0.1) is 0 Å². The number of aromatic amines is 1. The van der Waals surface area contributed by atoms with Crippen LogP contribution in [-0.2, 0) is 6.54 Å². The first-order valence-corrected chi connectivity index (χ1v) is 9.40. The lowest BCUT2D eigenvalue weighted by Crippen LogP contribution is -2.46. The number of nitrogens with one attached hydrogen (secondary N) is 2. The molecule has 7 nitrogen and oxygen atoms in total. The lowest BCUT2D eigenvalue weighted by molar-refractivity contribution is 0.249. The molecule has 0 bridgehead atoms. The molecule has 4 rings (SSSR count). The normalized spacial score (nSPS) is 15.2. The molecule has 28 heavy (non-hydrogen) atoms. The second kappa shape index (κ2) is 7.73. The molecule has 1 aliphatic rings. The summed E-state index contributed by atoms with van der Waals surface area (Å²) < 4.78 is 14.2. The first-order valence-electron chi connectivity index (χ1n) is 9.02. The zero-order valence-corrected chi connectivity index (χ0v) is 16.1. The molecule has 2 N–H and O–H groups in total. The highest BCUT2D eigenvalue weighted by Gasteiger charge is 2.20. The first kappa shape index (κ1) is 18.6. The fourth-order valence-electron chi connectivity index (χ4n) is 3.39. The number of aromatic nitrogens is 3. The fraction of sp³-hybridized carbons (Fsp3) is 0.316. The van der Waals surface area contributed by atoms with Gasteiger partial charge in [-0.05, 0) is 29.8 Å². The summed E-state index contributed by atoms with van der Waals surface area (Å²) in [7, 11) is 1.71. The van der Waals surface area contributed by atoms with E-state index < -0.39 is 5.95 Å². The average molecular weight is 403 g/mol. The van der Waals surface area contributed by atoms with E-state index in [1.807, 2.05) is 11.0 Å². The van der Waals surface area contributed by atoms with Crippen molar-refractivity contribution in [3.05, 3.63) is 57.3 Å². The number of hydrogen-bond donors (Lipinski definition) is 2. The molecular formula is C19H20ClFN6O. The fourth-order valence-corrected chi connectivity index (χ4v) is 3.55. The Morgan fingerprint density at radius 3 is 2.75 bits per heavy atom. The van der Waals surface area contributed by atoms with Gasteiger partial charge in [-0.1, -0.05) is 11.6 Å². The van der Waals surface area contributed by atoms with Gasteiger partial charge in [0.1, 0.15) is 10.8 Å². The van der Waals surface area contributed by atoms with E-state index in [9.17, 15) is 9.18 Å². The van der Waals surface area contributed by atoms with Crippen LogP contribution in [0.25, 0.3) is 11.0 Å². The van der Waals surface area contributed by atoms with Crippen LogP contribution in [-0.4, -0.2) is 53.1 Å². The van der Waals surface area contributed by atoms with Crippen LogP contribution in [0.3, 0.4) is 0 Å². The highest BCUT2D eigenvalue weighted by Crippen LogP contribution is 2.22. The van der Waals surface area contributed by atoms with Crippen LogP contribution in [0.1, 0.15) is 5.56 Å². The van der Waals surface area contributed by atoms with Gasteiger partial charge in [-0.25, -0.2) is 4.98 Å². The van der Waals surface area contributed by atoms with Crippen LogP contribution in [0.4, 0.5) is 15.9 Å². The lowest BCUT2D eigenvalue weighted by atomic mass is 10.2. The smallest absolute Gasteiger partial charge is 0.267 e. The van der Waals surface area contributed by atoms with Crippen molar-refractivity contribution in [3.8, 4) is 0 Å². The topological polar surface area (TPSA) is 77.1 Å². The Kier molecular flexibility index (Phi) is 5.15. The minimum absolute atomic E-state index is 0.133. The maximum atomic E-state index is 14.2. The lowest BCUT2D eigenvalue weighted by Gasteiger charge is -2.36. The third kappa shape index (κ3) is 3.79. The molecule has 0 amide bonds. The minimum Gasteiger partial charge on any atom is -0.373 e. The number of fused-ring (bicyclic) bond motifs is 1. The molecule has 3 aromatic rings. The molecule has 1 fully saturated rings. The van der Waals surface area contributed by atoms with E-state index in [-0.39, 0.29) is 10.6 Å². The van der Waals surface area contributed by atoms with E-state index in [0.29, 0.717) is 42.2 Å². The highest BCUT2D eigenvalue weighted by molar-refractivity contribution is 6.30. The molecule has 1 saturated heterocycles. The Balaban J connectivity index is 1.42. The summed E-state index contributed by atoms with van der Waals surface area (Å²) in [4.78, 5) is 27.0. The van der Waals surface area contributed by atoms with Crippen LogP contribution in [0.2, 0.25) is 5.02 Å². The number of hydrogen-bond acceptors (Lipinski definition) is 6. The summed E-state index contributed by atoms with van der Waals surface area (Å²) in [5, 5.41) is 2.97. The van der Waals surface area contributed by atoms with E-state index in [1.54, 1.807) is 31.4 Å². The van der Waals surface area contributed by atoms with E-state index in [4.69, 9.17) is 11.6 Å². The van der Waals surface area contributed by atoms with Crippen molar-refractivity contribution in [1.29, 1.82) is 0 Å².